The lowest BCUT2D eigenvalue weighted by Gasteiger charge is -2.17. The summed E-state index contributed by atoms with van der Waals surface area (Å²) in [6, 6.07) is 14.0. The van der Waals surface area contributed by atoms with Crippen LogP contribution < -0.4 is 0 Å². The molecule has 4 aromatic heterocycles. The average molecular weight is 626 g/mol. The van der Waals surface area contributed by atoms with E-state index in [0.29, 0.717) is 5.69 Å². The zero-order valence-electron chi connectivity index (χ0n) is 27.5. The maximum absolute atomic E-state index is 13.0. The first-order valence-corrected chi connectivity index (χ1v) is 14.1. The SMILES string of the molecule is C.C.C.CC(C)(C)c1ccc(F)cn1.CC(C)(C)c1ccccn1.CC(C)(C)c1ncccc1F.CC(C)(C)c1ncccn1. The van der Waals surface area contributed by atoms with Crippen LogP contribution in [0.25, 0.3) is 0 Å². The molecule has 45 heavy (non-hydrogen) atoms. The van der Waals surface area contributed by atoms with Crippen LogP contribution in [0.5, 0.6) is 0 Å². The van der Waals surface area contributed by atoms with Crippen LogP contribution in [0.4, 0.5) is 8.78 Å². The smallest absolute Gasteiger partial charge is 0.145 e. The average Bonchev–Trinajstić information content (AvgIpc) is 2.89. The second-order valence-electron chi connectivity index (χ2n) is 14.0. The predicted octanol–water partition coefficient (Wildman–Crippen LogP) is 11.1. The molecule has 0 bridgehead atoms. The monoisotopic (exact) mass is 625 g/mol. The number of hydrogen-bond donors (Lipinski definition) is 0. The molecular weight excluding hydrogens is 564 g/mol. The Balaban J connectivity index is -0.000000512. The molecule has 0 N–H and O–H groups in total. The number of nitrogens with zero attached hydrogens (tertiary/aromatic N) is 5. The Hall–Kier alpha value is -3.61. The summed E-state index contributed by atoms with van der Waals surface area (Å²) in [6.45, 7) is 24.8. The standard InChI is InChI=1S/2C9H12FN.C9H13N.C8H12N2.3CH4/c1-9(2,3)8-5-4-7(10)6-11-8;1-9(2,3)8-7(10)5-4-6-11-8;1-9(2,3)8-6-4-5-7-10-8;1-8(2,3)7-9-5-4-6-10-7;;;/h2*4-6H,1-3H3;4-7H,1-3H3;4-6H,1-3H3;3*1H4. The highest BCUT2D eigenvalue weighted by Gasteiger charge is 2.19. The fourth-order valence-electron chi connectivity index (χ4n) is 3.25. The van der Waals surface area contributed by atoms with Crippen LogP contribution >= 0.6 is 0 Å². The van der Waals surface area contributed by atoms with Crippen molar-refractivity contribution < 1.29 is 8.78 Å². The Bertz CT molecular complexity index is 1250. The molecule has 0 unspecified atom stereocenters. The normalized spacial score (nSPS) is 10.8. The Morgan fingerprint density at radius 1 is 0.444 bits per heavy atom. The van der Waals surface area contributed by atoms with Gasteiger partial charge >= 0.3 is 0 Å². The summed E-state index contributed by atoms with van der Waals surface area (Å²) in [5.41, 5.74) is 2.65. The molecule has 0 aliphatic rings. The number of halogens is 2. The molecule has 0 fully saturated rings. The number of hydrogen-bond acceptors (Lipinski definition) is 5. The van der Waals surface area contributed by atoms with Crippen molar-refractivity contribution in [2.45, 2.75) is 127 Å². The lowest BCUT2D eigenvalue weighted by molar-refractivity contribution is 0.503. The van der Waals surface area contributed by atoms with Crippen molar-refractivity contribution in [1.29, 1.82) is 0 Å². The molecule has 0 amide bonds. The van der Waals surface area contributed by atoms with Gasteiger partial charge in [-0.2, -0.15) is 0 Å². The molecule has 4 heterocycles. The van der Waals surface area contributed by atoms with E-state index in [1.165, 1.54) is 18.3 Å². The predicted molar refractivity (Wildman–Crippen MR) is 190 cm³/mol. The van der Waals surface area contributed by atoms with Crippen LogP contribution in [-0.2, 0) is 21.7 Å². The molecule has 0 radical (unpaired) electrons. The fourth-order valence-corrected chi connectivity index (χ4v) is 3.25. The first-order chi connectivity index (χ1) is 19.2. The van der Waals surface area contributed by atoms with Crippen molar-refractivity contribution in [1.82, 2.24) is 24.9 Å². The zero-order chi connectivity index (χ0) is 32.2. The summed E-state index contributed by atoms with van der Waals surface area (Å²) in [5.74, 6) is 0.396. The van der Waals surface area contributed by atoms with Gasteiger partial charge in [-0.3, -0.25) is 15.0 Å². The quantitative estimate of drug-likeness (QED) is 0.194. The van der Waals surface area contributed by atoms with Gasteiger partial charge in [0.15, 0.2) is 0 Å². The van der Waals surface area contributed by atoms with Crippen molar-refractivity contribution in [3.05, 3.63) is 114 Å². The van der Waals surface area contributed by atoms with E-state index in [4.69, 9.17) is 0 Å². The van der Waals surface area contributed by atoms with Crippen molar-refractivity contribution >= 4 is 0 Å². The Labute approximate surface area is 274 Å². The fraction of sp³-hybridized carbons (Fsp3) is 0.500. The molecule has 0 aromatic carbocycles. The molecule has 0 aliphatic carbocycles. The van der Waals surface area contributed by atoms with Gasteiger partial charge in [-0.15, -0.1) is 0 Å². The minimum Gasteiger partial charge on any atom is -0.261 e. The molecule has 0 spiro atoms. The van der Waals surface area contributed by atoms with Gasteiger partial charge in [0, 0.05) is 57.8 Å². The third-order valence-corrected chi connectivity index (χ3v) is 5.63. The lowest BCUT2D eigenvalue weighted by atomic mass is 9.91. The van der Waals surface area contributed by atoms with Gasteiger partial charge in [0.2, 0.25) is 0 Å². The van der Waals surface area contributed by atoms with Crippen molar-refractivity contribution in [2.24, 2.45) is 0 Å². The lowest BCUT2D eigenvalue weighted by Crippen LogP contribution is -2.15. The highest BCUT2D eigenvalue weighted by Crippen LogP contribution is 2.22. The molecule has 5 nitrogen and oxygen atoms in total. The first-order valence-electron chi connectivity index (χ1n) is 14.1. The third-order valence-electron chi connectivity index (χ3n) is 5.63. The van der Waals surface area contributed by atoms with Crippen LogP contribution in [0.2, 0.25) is 0 Å². The Morgan fingerprint density at radius 3 is 1.24 bits per heavy atom. The van der Waals surface area contributed by atoms with E-state index < -0.39 is 0 Å². The molecule has 4 aromatic rings. The van der Waals surface area contributed by atoms with E-state index in [2.05, 4.69) is 72.5 Å². The minimum atomic E-state index is -0.280. The third kappa shape index (κ3) is 18.1. The molecule has 0 saturated heterocycles. The maximum Gasteiger partial charge on any atom is 0.145 e. The summed E-state index contributed by atoms with van der Waals surface area (Å²) in [7, 11) is 0. The van der Waals surface area contributed by atoms with E-state index >= 15 is 0 Å². The van der Waals surface area contributed by atoms with Crippen molar-refractivity contribution in [2.75, 3.05) is 0 Å². The maximum atomic E-state index is 13.0. The summed E-state index contributed by atoms with van der Waals surface area (Å²) in [4.78, 5) is 20.5. The van der Waals surface area contributed by atoms with Crippen molar-refractivity contribution in [3.8, 4) is 0 Å². The summed E-state index contributed by atoms with van der Waals surface area (Å²) >= 11 is 0. The number of aromatic nitrogens is 5. The van der Waals surface area contributed by atoms with E-state index in [0.717, 1.165) is 17.2 Å². The van der Waals surface area contributed by atoms with Crippen LogP contribution in [0.1, 0.15) is 128 Å². The molecular formula is C38H61F2N5. The van der Waals surface area contributed by atoms with E-state index in [9.17, 15) is 8.78 Å². The molecule has 252 valence electrons. The number of pyridine rings is 3. The molecule has 0 saturated carbocycles. The Kier molecular flexibility index (Phi) is 20.1. The summed E-state index contributed by atoms with van der Waals surface area (Å²) in [6.07, 6.45) is 8.24. The minimum absolute atomic E-state index is 0. The topological polar surface area (TPSA) is 64.5 Å². The molecule has 0 aliphatic heterocycles. The Morgan fingerprint density at radius 2 is 0.933 bits per heavy atom. The molecule has 0 atom stereocenters. The van der Waals surface area contributed by atoms with Gasteiger partial charge in [-0.25, -0.2) is 18.7 Å². The van der Waals surface area contributed by atoms with E-state index in [1.54, 1.807) is 30.7 Å². The number of rotatable bonds is 0. The second-order valence-corrected chi connectivity index (χ2v) is 14.0. The largest absolute Gasteiger partial charge is 0.261 e. The van der Waals surface area contributed by atoms with Gasteiger partial charge in [0.25, 0.3) is 0 Å². The van der Waals surface area contributed by atoms with Crippen LogP contribution in [0.3, 0.4) is 0 Å². The molecule has 4 rings (SSSR count). The highest BCUT2D eigenvalue weighted by molar-refractivity contribution is 5.16. The van der Waals surface area contributed by atoms with Gasteiger partial charge in [-0.05, 0) is 42.5 Å². The van der Waals surface area contributed by atoms with Crippen LogP contribution in [-0.4, -0.2) is 24.9 Å². The van der Waals surface area contributed by atoms with Crippen molar-refractivity contribution in [3.63, 3.8) is 0 Å². The molecule has 7 heteroatoms. The van der Waals surface area contributed by atoms with Crippen LogP contribution in [0, 0.1) is 11.6 Å². The summed E-state index contributed by atoms with van der Waals surface area (Å²) < 4.78 is 25.4. The zero-order valence-corrected chi connectivity index (χ0v) is 27.5. The summed E-state index contributed by atoms with van der Waals surface area (Å²) in [5, 5.41) is 0. The second kappa shape index (κ2) is 19.7. The first kappa shape index (κ1) is 45.8. The van der Waals surface area contributed by atoms with E-state index in [1.807, 2.05) is 65.9 Å². The van der Waals surface area contributed by atoms with E-state index in [-0.39, 0.29) is 55.6 Å². The van der Waals surface area contributed by atoms with Gasteiger partial charge < -0.3 is 0 Å². The van der Waals surface area contributed by atoms with Gasteiger partial charge in [0.1, 0.15) is 17.5 Å². The van der Waals surface area contributed by atoms with Gasteiger partial charge in [0.05, 0.1) is 11.9 Å². The van der Waals surface area contributed by atoms with Gasteiger partial charge in [-0.1, -0.05) is 111 Å². The highest BCUT2D eigenvalue weighted by atomic mass is 19.1. The van der Waals surface area contributed by atoms with Crippen LogP contribution in [0.15, 0.2) is 79.5 Å².